The van der Waals surface area contributed by atoms with Crippen LogP contribution in [0.5, 0.6) is 0 Å². The second-order valence-corrected chi connectivity index (χ2v) is 7.80. The van der Waals surface area contributed by atoms with Crippen LogP contribution in [0.2, 0.25) is 10.0 Å². The van der Waals surface area contributed by atoms with Gasteiger partial charge in [-0.05, 0) is 44.2 Å². The summed E-state index contributed by atoms with van der Waals surface area (Å²) < 4.78 is 27.1. The Morgan fingerprint density at radius 3 is 2.33 bits per heavy atom. The molecule has 0 aliphatic rings. The third-order valence-corrected chi connectivity index (χ3v) is 5.48. The molecule has 24 heavy (non-hydrogen) atoms. The Morgan fingerprint density at radius 2 is 1.71 bits per heavy atom. The molecule has 0 aliphatic heterocycles. The molecule has 0 radical (unpaired) electrons. The molecule has 0 heterocycles. The zero-order chi connectivity index (χ0) is 17.9. The van der Waals surface area contributed by atoms with Crippen LogP contribution in [-0.4, -0.2) is 20.4 Å². The minimum Gasteiger partial charge on any atom is -0.325 e. The van der Waals surface area contributed by atoms with Gasteiger partial charge >= 0.3 is 0 Å². The maximum Gasteiger partial charge on any atom is 0.242 e. The second kappa shape index (κ2) is 7.53. The van der Waals surface area contributed by atoms with Crippen molar-refractivity contribution in [1.29, 1.82) is 0 Å². The Hall–Kier alpha value is -1.60. The van der Waals surface area contributed by atoms with Crippen molar-refractivity contribution in [3.05, 3.63) is 58.1 Å². The van der Waals surface area contributed by atoms with Gasteiger partial charge in [0.1, 0.15) is 4.90 Å². The van der Waals surface area contributed by atoms with Crippen molar-refractivity contribution in [1.82, 2.24) is 4.72 Å². The van der Waals surface area contributed by atoms with E-state index in [1.807, 2.05) is 19.1 Å². The predicted octanol–water partition coefficient (Wildman–Crippen LogP) is 3.61. The smallest absolute Gasteiger partial charge is 0.242 e. The van der Waals surface area contributed by atoms with E-state index in [4.69, 9.17) is 23.2 Å². The van der Waals surface area contributed by atoms with Gasteiger partial charge in [0.2, 0.25) is 15.9 Å². The monoisotopic (exact) mass is 386 g/mol. The molecule has 0 saturated heterocycles. The fourth-order valence-electron chi connectivity index (χ4n) is 1.92. The number of carbonyl (C=O) groups is 1. The summed E-state index contributed by atoms with van der Waals surface area (Å²) in [5.41, 5.74) is 1.63. The number of nitrogens with one attached hydrogen (secondary N) is 2. The van der Waals surface area contributed by atoms with Gasteiger partial charge in [-0.15, -0.1) is 0 Å². The van der Waals surface area contributed by atoms with E-state index in [1.54, 1.807) is 12.1 Å². The minimum atomic E-state index is -3.98. The second-order valence-electron chi connectivity index (χ2n) is 5.27. The van der Waals surface area contributed by atoms with Gasteiger partial charge < -0.3 is 5.32 Å². The first-order valence-corrected chi connectivity index (χ1v) is 9.28. The van der Waals surface area contributed by atoms with E-state index in [2.05, 4.69) is 10.0 Å². The zero-order valence-electron chi connectivity index (χ0n) is 13.0. The molecule has 0 bridgehead atoms. The highest BCUT2D eigenvalue weighted by Crippen LogP contribution is 2.25. The molecule has 1 amide bonds. The lowest BCUT2D eigenvalue weighted by atomic mass is 10.2. The SMILES string of the molecule is Cc1ccc(NC(=O)[C@H](C)NS(=O)(=O)c2cc(Cl)ccc2Cl)cc1. The standard InChI is InChI=1S/C16H16Cl2N2O3S/c1-10-3-6-13(7-4-10)19-16(21)11(2)20-24(22,23)15-9-12(17)5-8-14(15)18/h3-9,11,20H,1-2H3,(H,19,21)/t11-/m0/s1. The summed E-state index contributed by atoms with van der Waals surface area (Å²) >= 11 is 11.7. The highest BCUT2D eigenvalue weighted by Gasteiger charge is 2.24. The summed E-state index contributed by atoms with van der Waals surface area (Å²) in [7, 11) is -3.98. The number of aryl methyl sites for hydroxylation is 1. The van der Waals surface area contributed by atoms with Crippen LogP contribution in [0.25, 0.3) is 0 Å². The highest BCUT2D eigenvalue weighted by atomic mass is 35.5. The number of anilines is 1. The Labute approximate surface area is 151 Å². The Kier molecular flexibility index (Phi) is 5.87. The number of benzene rings is 2. The number of hydrogen-bond acceptors (Lipinski definition) is 3. The summed E-state index contributed by atoms with van der Waals surface area (Å²) in [6.45, 7) is 3.37. The molecule has 0 unspecified atom stereocenters. The highest BCUT2D eigenvalue weighted by molar-refractivity contribution is 7.89. The third-order valence-electron chi connectivity index (χ3n) is 3.23. The topological polar surface area (TPSA) is 75.3 Å². The van der Waals surface area contributed by atoms with E-state index in [-0.39, 0.29) is 14.9 Å². The average Bonchev–Trinajstić information content (AvgIpc) is 2.51. The van der Waals surface area contributed by atoms with Crippen molar-refractivity contribution in [3.8, 4) is 0 Å². The van der Waals surface area contributed by atoms with Crippen molar-refractivity contribution in [2.75, 3.05) is 5.32 Å². The molecule has 128 valence electrons. The Bertz CT molecular complexity index is 852. The van der Waals surface area contributed by atoms with Crippen molar-refractivity contribution in [2.24, 2.45) is 0 Å². The molecule has 8 heteroatoms. The number of sulfonamides is 1. The molecule has 0 aliphatic carbocycles. The molecule has 1 atom stereocenters. The first-order valence-electron chi connectivity index (χ1n) is 7.04. The maximum atomic E-state index is 12.4. The number of carbonyl (C=O) groups excluding carboxylic acids is 1. The number of amides is 1. The van der Waals surface area contributed by atoms with E-state index >= 15 is 0 Å². The van der Waals surface area contributed by atoms with E-state index in [0.717, 1.165) is 5.56 Å². The third kappa shape index (κ3) is 4.70. The van der Waals surface area contributed by atoms with E-state index in [9.17, 15) is 13.2 Å². The predicted molar refractivity (Wildman–Crippen MR) is 96.1 cm³/mol. The van der Waals surface area contributed by atoms with Gasteiger partial charge in [0, 0.05) is 10.7 Å². The largest absolute Gasteiger partial charge is 0.325 e. The van der Waals surface area contributed by atoms with Crippen LogP contribution in [0, 0.1) is 6.92 Å². The fourth-order valence-corrected chi connectivity index (χ4v) is 3.89. The van der Waals surface area contributed by atoms with Gasteiger partial charge in [-0.3, -0.25) is 4.79 Å². The van der Waals surface area contributed by atoms with Crippen molar-refractivity contribution < 1.29 is 13.2 Å². The lowest BCUT2D eigenvalue weighted by molar-refractivity contribution is -0.117. The van der Waals surface area contributed by atoms with Crippen LogP contribution in [0.3, 0.4) is 0 Å². The van der Waals surface area contributed by atoms with Crippen LogP contribution >= 0.6 is 23.2 Å². The van der Waals surface area contributed by atoms with Crippen LogP contribution in [0.4, 0.5) is 5.69 Å². The van der Waals surface area contributed by atoms with E-state index in [1.165, 1.54) is 25.1 Å². The zero-order valence-corrected chi connectivity index (χ0v) is 15.3. The van der Waals surface area contributed by atoms with Gasteiger partial charge in [-0.1, -0.05) is 40.9 Å². The number of rotatable bonds is 5. The summed E-state index contributed by atoms with van der Waals surface area (Å²) in [5, 5.41) is 2.90. The Balaban J connectivity index is 2.12. The van der Waals surface area contributed by atoms with Crippen molar-refractivity contribution in [3.63, 3.8) is 0 Å². The first kappa shape index (κ1) is 18.7. The van der Waals surface area contributed by atoms with Crippen LogP contribution in [0.1, 0.15) is 12.5 Å². The quantitative estimate of drug-likeness (QED) is 0.823. The fraction of sp³-hybridized carbons (Fsp3) is 0.188. The molecule has 2 aromatic rings. The van der Waals surface area contributed by atoms with Crippen LogP contribution < -0.4 is 10.0 Å². The minimum absolute atomic E-state index is 0.0260. The molecule has 2 N–H and O–H groups in total. The summed E-state index contributed by atoms with van der Waals surface area (Å²) in [5.74, 6) is -0.486. The molecule has 0 saturated carbocycles. The summed E-state index contributed by atoms with van der Waals surface area (Å²) in [6.07, 6.45) is 0. The lowest BCUT2D eigenvalue weighted by Crippen LogP contribution is -2.41. The molecule has 0 aromatic heterocycles. The van der Waals surface area contributed by atoms with Crippen LogP contribution in [-0.2, 0) is 14.8 Å². The lowest BCUT2D eigenvalue weighted by Gasteiger charge is -2.15. The molecule has 0 spiro atoms. The molecule has 2 rings (SSSR count). The van der Waals surface area contributed by atoms with Crippen LogP contribution in [0.15, 0.2) is 47.4 Å². The molecule has 2 aromatic carbocycles. The normalized spacial score (nSPS) is 12.7. The van der Waals surface area contributed by atoms with Crippen molar-refractivity contribution in [2.45, 2.75) is 24.8 Å². The van der Waals surface area contributed by atoms with E-state index < -0.39 is 22.0 Å². The van der Waals surface area contributed by atoms with Crippen molar-refractivity contribution >= 4 is 44.8 Å². The maximum absolute atomic E-state index is 12.4. The molecule has 5 nitrogen and oxygen atoms in total. The molecular formula is C16H16Cl2N2O3S. The van der Waals surface area contributed by atoms with Gasteiger partial charge in [0.05, 0.1) is 11.1 Å². The molecular weight excluding hydrogens is 371 g/mol. The number of hydrogen-bond donors (Lipinski definition) is 2. The summed E-state index contributed by atoms with van der Waals surface area (Å²) in [4.78, 5) is 12.0. The van der Waals surface area contributed by atoms with Gasteiger partial charge in [-0.2, -0.15) is 4.72 Å². The average molecular weight is 387 g/mol. The van der Waals surface area contributed by atoms with Gasteiger partial charge in [-0.25, -0.2) is 8.42 Å². The summed E-state index contributed by atoms with van der Waals surface area (Å²) in [6, 6.07) is 10.3. The molecule has 0 fully saturated rings. The van der Waals surface area contributed by atoms with E-state index in [0.29, 0.717) is 5.69 Å². The first-order chi connectivity index (χ1) is 11.2. The van der Waals surface area contributed by atoms with Gasteiger partial charge in [0.15, 0.2) is 0 Å². The number of halogens is 2. The Morgan fingerprint density at radius 1 is 1.08 bits per heavy atom. The van der Waals surface area contributed by atoms with Gasteiger partial charge in [0.25, 0.3) is 0 Å².